The van der Waals surface area contributed by atoms with E-state index >= 15 is 0 Å². The summed E-state index contributed by atoms with van der Waals surface area (Å²) in [6.45, 7) is 5.28. The number of hydrogen-bond acceptors (Lipinski definition) is 2. The molecule has 0 aliphatic carbocycles. The Labute approximate surface area is 101 Å². The molecule has 2 rings (SSSR count). The second kappa shape index (κ2) is 4.99. The van der Waals surface area contributed by atoms with E-state index < -0.39 is 0 Å². The average molecular weight is 231 g/mol. The molecule has 0 spiro atoms. The second-order valence-corrected chi connectivity index (χ2v) is 4.13. The molecule has 2 aromatic rings. The van der Waals surface area contributed by atoms with Gasteiger partial charge < -0.3 is 5.32 Å². The van der Waals surface area contributed by atoms with Gasteiger partial charge in [0.2, 0.25) is 5.91 Å². The van der Waals surface area contributed by atoms with Gasteiger partial charge in [-0.2, -0.15) is 5.10 Å². The lowest BCUT2D eigenvalue weighted by molar-refractivity contribution is -0.121. The third kappa shape index (κ3) is 2.64. The topological polar surface area (TPSA) is 46.9 Å². The van der Waals surface area contributed by atoms with Crippen molar-refractivity contribution in [3.05, 3.63) is 30.0 Å². The Bertz CT molecular complexity index is 530. The highest BCUT2D eigenvalue weighted by Gasteiger charge is 2.05. The summed E-state index contributed by atoms with van der Waals surface area (Å²) in [5.74, 6) is 0.0730. The number of carbonyl (C=O) groups excluding carboxylic acids is 1. The maximum Gasteiger partial charge on any atom is 0.221 e. The van der Waals surface area contributed by atoms with E-state index in [0.29, 0.717) is 19.5 Å². The van der Waals surface area contributed by atoms with Gasteiger partial charge in [-0.1, -0.05) is 12.1 Å². The highest BCUT2D eigenvalue weighted by Crippen LogP contribution is 2.15. The molecule has 90 valence electrons. The van der Waals surface area contributed by atoms with Gasteiger partial charge in [0.1, 0.15) is 0 Å². The normalized spacial score (nSPS) is 10.7. The first-order chi connectivity index (χ1) is 8.20. The zero-order valence-electron chi connectivity index (χ0n) is 10.2. The Morgan fingerprint density at radius 3 is 3.06 bits per heavy atom. The first-order valence-corrected chi connectivity index (χ1v) is 5.89. The SMILES string of the molecule is CCNC(=O)CCn1ncc2ccc(C)cc21. The number of nitrogens with zero attached hydrogens (tertiary/aromatic N) is 2. The van der Waals surface area contributed by atoms with Crippen LogP contribution in [-0.4, -0.2) is 22.2 Å². The number of carbonyl (C=O) groups is 1. The van der Waals surface area contributed by atoms with Crippen molar-refractivity contribution >= 4 is 16.8 Å². The molecule has 0 atom stereocenters. The van der Waals surface area contributed by atoms with Gasteiger partial charge in [-0.3, -0.25) is 9.48 Å². The van der Waals surface area contributed by atoms with Crippen LogP contribution in [0, 0.1) is 6.92 Å². The number of rotatable bonds is 4. The van der Waals surface area contributed by atoms with Gasteiger partial charge in [-0.25, -0.2) is 0 Å². The third-order valence-corrected chi connectivity index (χ3v) is 2.72. The lowest BCUT2D eigenvalue weighted by atomic mass is 10.2. The Morgan fingerprint density at radius 2 is 2.29 bits per heavy atom. The van der Waals surface area contributed by atoms with E-state index in [1.807, 2.05) is 17.8 Å². The van der Waals surface area contributed by atoms with E-state index in [-0.39, 0.29) is 5.91 Å². The molecular formula is C13H17N3O. The van der Waals surface area contributed by atoms with E-state index in [0.717, 1.165) is 10.9 Å². The number of nitrogens with one attached hydrogen (secondary N) is 1. The average Bonchev–Trinajstić information content (AvgIpc) is 2.69. The largest absolute Gasteiger partial charge is 0.356 e. The van der Waals surface area contributed by atoms with Crippen LogP contribution in [0.25, 0.3) is 10.9 Å². The Kier molecular flexibility index (Phi) is 3.42. The fourth-order valence-electron chi connectivity index (χ4n) is 1.85. The number of fused-ring (bicyclic) bond motifs is 1. The molecule has 0 saturated carbocycles. The van der Waals surface area contributed by atoms with Crippen LogP contribution in [0.1, 0.15) is 18.9 Å². The number of hydrogen-bond donors (Lipinski definition) is 1. The molecule has 1 N–H and O–H groups in total. The molecule has 1 aromatic carbocycles. The summed E-state index contributed by atoms with van der Waals surface area (Å²) < 4.78 is 1.89. The molecule has 0 aliphatic rings. The standard InChI is InChI=1S/C13H17N3O/c1-3-14-13(17)6-7-16-12-8-10(2)4-5-11(12)9-15-16/h4-5,8-9H,3,6-7H2,1-2H3,(H,14,17). The minimum atomic E-state index is 0.0730. The van der Waals surface area contributed by atoms with Crippen LogP contribution in [0.15, 0.2) is 24.4 Å². The predicted molar refractivity (Wildman–Crippen MR) is 67.8 cm³/mol. The molecule has 4 nitrogen and oxygen atoms in total. The van der Waals surface area contributed by atoms with Crippen molar-refractivity contribution in [3.63, 3.8) is 0 Å². The van der Waals surface area contributed by atoms with Gasteiger partial charge in [-0.05, 0) is 25.5 Å². The summed E-state index contributed by atoms with van der Waals surface area (Å²) in [5, 5.41) is 8.21. The van der Waals surface area contributed by atoms with Crippen LogP contribution in [0.4, 0.5) is 0 Å². The van der Waals surface area contributed by atoms with Crippen LogP contribution in [0.5, 0.6) is 0 Å². The van der Waals surface area contributed by atoms with Gasteiger partial charge in [0.15, 0.2) is 0 Å². The summed E-state index contributed by atoms with van der Waals surface area (Å²) in [6.07, 6.45) is 2.31. The molecule has 1 amide bonds. The van der Waals surface area contributed by atoms with Crippen LogP contribution >= 0.6 is 0 Å². The highest BCUT2D eigenvalue weighted by molar-refractivity contribution is 5.80. The summed E-state index contributed by atoms with van der Waals surface area (Å²) >= 11 is 0. The lowest BCUT2D eigenvalue weighted by Crippen LogP contribution is -2.23. The van der Waals surface area contributed by atoms with Gasteiger partial charge in [0.25, 0.3) is 0 Å². The molecule has 0 saturated heterocycles. The molecule has 17 heavy (non-hydrogen) atoms. The lowest BCUT2D eigenvalue weighted by Gasteiger charge is -2.04. The van der Waals surface area contributed by atoms with E-state index in [4.69, 9.17) is 0 Å². The Balaban J connectivity index is 2.13. The van der Waals surface area contributed by atoms with E-state index in [9.17, 15) is 4.79 Å². The zero-order chi connectivity index (χ0) is 12.3. The third-order valence-electron chi connectivity index (χ3n) is 2.72. The van der Waals surface area contributed by atoms with E-state index in [1.54, 1.807) is 0 Å². The maximum absolute atomic E-state index is 11.4. The van der Waals surface area contributed by atoms with Crippen LogP contribution in [-0.2, 0) is 11.3 Å². The first kappa shape index (κ1) is 11.6. The van der Waals surface area contributed by atoms with Crippen LogP contribution in [0.2, 0.25) is 0 Å². The molecule has 0 radical (unpaired) electrons. The van der Waals surface area contributed by atoms with Gasteiger partial charge in [-0.15, -0.1) is 0 Å². The van der Waals surface area contributed by atoms with Crippen molar-refractivity contribution in [3.8, 4) is 0 Å². The molecule has 0 fully saturated rings. The predicted octanol–water partition coefficient (Wildman–Crippen LogP) is 1.87. The number of aromatic nitrogens is 2. The Hall–Kier alpha value is -1.84. The van der Waals surface area contributed by atoms with Gasteiger partial charge in [0, 0.05) is 18.4 Å². The molecule has 0 bridgehead atoms. The minimum absolute atomic E-state index is 0.0730. The summed E-state index contributed by atoms with van der Waals surface area (Å²) in [5.41, 5.74) is 2.30. The fraction of sp³-hybridized carbons (Fsp3) is 0.385. The van der Waals surface area contributed by atoms with Crippen LogP contribution in [0.3, 0.4) is 0 Å². The molecular weight excluding hydrogens is 214 g/mol. The number of amides is 1. The van der Waals surface area contributed by atoms with Crippen molar-refractivity contribution in [2.45, 2.75) is 26.8 Å². The highest BCUT2D eigenvalue weighted by atomic mass is 16.1. The smallest absolute Gasteiger partial charge is 0.221 e. The molecule has 4 heteroatoms. The Morgan fingerprint density at radius 1 is 1.47 bits per heavy atom. The fourth-order valence-corrected chi connectivity index (χ4v) is 1.85. The molecule has 0 unspecified atom stereocenters. The van der Waals surface area contributed by atoms with Crippen molar-refractivity contribution < 1.29 is 4.79 Å². The number of benzene rings is 1. The van der Waals surface area contributed by atoms with Crippen molar-refractivity contribution in [2.24, 2.45) is 0 Å². The van der Waals surface area contributed by atoms with Crippen molar-refractivity contribution in [1.82, 2.24) is 15.1 Å². The summed E-state index contributed by atoms with van der Waals surface area (Å²) in [4.78, 5) is 11.4. The van der Waals surface area contributed by atoms with Gasteiger partial charge in [0.05, 0.1) is 18.3 Å². The van der Waals surface area contributed by atoms with E-state index in [1.165, 1.54) is 5.56 Å². The molecule has 1 aromatic heterocycles. The quantitative estimate of drug-likeness (QED) is 0.873. The molecule has 1 heterocycles. The molecule has 0 aliphatic heterocycles. The summed E-state index contributed by atoms with van der Waals surface area (Å²) in [6, 6.07) is 6.22. The summed E-state index contributed by atoms with van der Waals surface area (Å²) in [7, 11) is 0. The monoisotopic (exact) mass is 231 g/mol. The second-order valence-electron chi connectivity index (χ2n) is 4.13. The van der Waals surface area contributed by atoms with Crippen molar-refractivity contribution in [2.75, 3.05) is 6.54 Å². The van der Waals surface area contributed by atoms with E-state index in [2.05, 4.69) is 35.5 Å². The zero-order valence-corrected chi connectivity index (χ0v) is 10.2. The first-order valence-electron chi connectivity index (χ1n) is 5.89. The number of aryl methyl sites for hydroxylation is 2. The van der Waals surface area contributed by atoms with Crippen molar-refractivity contribution in [1.29, 1.82) is 0 Å². The van der Waals surface area contributed by atoms with Crippen LogP contribution < -0.4 is 5.32 Å². The minimum Gasteiger partial charge on any atom is -0.356 e. The van der Waals surface area contributed by atoms with Gasteiger partial charge >= 0.3 is 0 Å². The maximum atomic E-state index is 11.4.